The number of piperazine rings is 1. The molecule has 4 N–H and O–H groups in total. The number of aryl methyl sites for hydroxylation is 2. The van der Waals surface area contributed by atoms with E-state index in [4.69, 9.17) is 5.84 Å². The van der Waals surface area contributed by atoms with Crippen molar-refractivity contribution < 1.29 is 18.0 Å². The van der Waals surface area contributed by atoms with Crippen molar-refractivity contribution in [3.8, 4) is 0 Å². The number of likely N-dealkylation sites (tertiary alicyclic amines) is 1. The lowest BCUT2D eigenvalue weighted by atomic mass is 10.1. The molecule has 2 aromatic carbocycles. The number of rotatable bonds is 9. The van der Waals surface area contributed by atoms with Crippen LogP contribution in [-0.4, -0.2) is 59.4 Å². The number of hydrazine groups is 1. The van der Waals surface area contributed by atoms with Crippen LogP contribution >= 0.6 is 0 Å². The first-order valence-corrected chi connectivity index (χ1v) is 14.5. The number of fused-ring (bicyclic) bond motifs is 2. The van der Waals surface area contributed by atoms with Gasteiger partial charge in [-0.1, -0.05) is 13.0 Å². The fourth-order valence-electron chi connectivity index (χ4n) is 6.11. The molecule has 5 rings (SSSR count). The first-order chi connectivity index (χ1) is 20.4. The Balaban J connectivity index is 1.39. The highest BCUT2D eigenvalue weighted by atomic mass is 19.4. The van der Waals surface area contributed by atoms with Gasteiger partial charge in [0.05, 0.1) is 23.1 Å². The molecular weight excluding hydrogens is 557 g/mol. The lowest BCUT2D eigenvalue weighted by Crippen LogP contribution is -2.46. The highest BCUT2D eigenvalue weighted by molar-refractivity contribution is 6.05. The van der Waals surface area contributed by atoms with Gasteiger partial charge in [-0.3, -0.25) is 19.4 Å². The Labute approximate surface area is 250 Å². The average Bonchev–Trinajstić information content (AvgIpc) is 3.66. The second kappa shape index (κ2) is 11.9. The number of nitrogens with two attached hydrogens (primary N) is 1. The van der Waals surface area contributed by atoms with Gasteiger partial charge < -0.3 is 15.5 Å². The van der Waals surface area contributed by atoms with Crippen molar-refractivity contribution in [1.29, 1.82) is 0 Å². The zero-order valence-electron chi connectivity index (χ0n) is 25.2. The van der Waals surface area contributed by atoms with Crippen molar-refractivity contribution >= 4 is 28.7 Å². The molecule has 43 heavy (non-hydrogen) atoms. The van der Waals surface area contributed by atoms with E-state index >= 15 is 0 Å². The summed E-state index contributed by atoms with van der Waals surface area (Å²) in [5.41, 5.74) is 3.97. The van der Waals surface area contributed by atoms with Crippen LogP contribution in [0.25, 0.3) is 5.70 Å². The van der Waals surface area contributed by atoms with Crippen LogP contribution < -0.4 is 26.4 Å². The molecule has 12 heteroatoms. The van der Waals surface area contributed by atoms with E-state index in [0.29, 0.717) is 24.0 Å². The average molecular weight is 597 g/mol. The van der Waals surface area contributed by atoms with Crippen LogP contribution in [-0.2, 0) is 13.2 Å². The highest BCUT2D eigenvalue weighted by Gasteiger charge is 2.43. The Kier molecular flexibility index (Phi) is 8.44. The number of alkyl halides is 3. The maximum absolute atomic E-state index is 13.9. The number of nitrogens with one attached hydrogen (secondary N) is 2. The molecule has 2 bridgehead atoms. The molecule has 1 amide bonds. The van der Waals surface area contributed by atoms with Gasteiger partial charge in [0.15, 0.2) is 0 Å². The Morgan fingerprint density at radius 3 is 2.53 bits per heavy atom. The number of carbonyl (C=O) groups is 1. The van der Waals surface area contributed by atoms with E-state index in [1.54, 1.807) is 48.4 Å². The maximum Gasteiger partial charge on any atom is 0.416 e. The number of aromatic nitrogens is 2. The van der Waals surface area contributed by atoms with Crippen LogP contribution in [0.2, 0.25) is 0 Å². The minimum Gasteiger partial charge on any atom is -0.386 e. The van der Waals surface area contributed by atoms with Crippen molar-refractivity contribution in [2.75, 3.05) is 41.9 Å². The molecule has 3 aromatic rings. The molecular formula is C31H39F3N8O. The van der Waals surface area contributed by atoms with Crippen LogP contribution in [0.3, 0.4) is 0 Å². The monoisotopic (exact) mass is 596 g/mol. The number of carbonyl (C=O) groups excluding carboxylic acids is 1. The summed E-state index contributed by atoms with van der Waals surface area (Å²) in [6.07, 6.45) is 0.870. The van der Waals surface area contributed by atoms with Gasteiger partial charge in [-0.15, -0.1) is 0 Å². The molecule has 0 radical (unpaired) electrons. The van der Waals surface area contributed by atoms with Crippen LogP contribution in [0.5, 0.6) is 0 Å². The van der Waals surface area contributed by atoms with Crippen molar-refractivity contribution in [2.24, 2.45) is 12.9 Å². The smallest absolute Gasteiger partial charge is 0.386 e. The summed E-state index contributed by atoms with van der Waals surface area (Å²) in [5, 5.41) is 11.5. The SMILES string of the molecule is CCCN1CC2CC1CN2c1cc(NC(=O)c2ccc(C)c(N(N)/C=C(\NC)c3cnn(C)c3C)c2)cc(C(F)(F)F)c1. The molecule has 2 aliphatic rings. The number of anilines is 3. The first kappa shape index (κ1) is 30.4. The molecule has 0 spiro atoms. The van der Waals surface area contributed by atoms with E-state index in [1.807, 2.05) is 25.8 Å². The molecule has 230 valence electrons. The Bertz CT molecular complexity index is 1530. The number of nitrogens with zero attached hydrogens (tertiary/aromatic N) is 5. The van der Waals surface area contributed by atoms with Crippen LogP contribution in [0.15, 0.2) is 48.8 Å². The largest absolute Gasteiger partial charge is 0.416 e. The molecule has 2 aliphatic heterocycles. The number of hydrogen-bond donors (Lipinski definition) is 3. The third-order valence-corrected chi connectivity index (χ3v) is 8.51. The van der Waals surface area contributed by atoms with Gasteiger partial charge in [0, 0.05) is 73.7 Å². The predicted octanol–water partition coefficient (Wildman–Crippen LogP) is 4.88. The summed E-state index contributed by atoms with van der Waals surface area (Å²) in [4.78, 5) is 17.8. The Hall–Kier alpha value is -4.03. The van der Waals surface area contributed by atoms with E-state index in [9.17, 15) is 18.0 Å². The summed E-state index contributed by atoms with van der Waals surface area (Å²) >= 11 is 0. The molecule has 2 atom stereocenters. The second-order valence-corrected chi connectivity index (χ2v) is 11.4. The number of halogens is 3. The predicted molar refractivity (Wildman–Crippen MR) is 164 cm³/mol. The van der Waals surface area contributed by atoms with Gasteiger partial charge in [0.1, 0.15) is 0 Å². The van der Waals surface area contributed by atoms with Crippen molar-refractivity contribution in [3.63, 3.8) is 0 Å². The third-order valence-electron chi connectivity index (χ3n) is 8.51. The lowest BCUT2D eigenvalue weighted by molar-refractivity contribution is -0.137. The second-order valence-electron chi connectivity index (χ2n) is 11.4. The summed E-state index contributed by atoms with van der Waals surface area (Å²) in [6.45, 7) is 8.44. The zero-order valence-corrected chi connectivity index (χ0v) is 25.2. The molecule has 3 heterocycles. The Morgan fingerprint density at radius 1 is 1.16 bits per heavy atom. The van der Waals surface area contributed by atoms with Gasteiger partial charge in [0.2, 0.25) is 0 Å². The summed E-state index contributed by atoms with van der Waals surface area (Å²) in [7, 11) is 3.63. The van der Waals surface area contributed by atoms with E-state index in [0.717, 1.165) is 54.5 Å². The lowest BCUT2D eigenvalue weighted by Gasteiger charge is -2.36. The molecule has 2 saturated heterocycles. The Morgan fingerprint density at radius 2 is 1.93 bits per heavy atom. The quantitative estimate of drug-likeness (QED) is 0.240. The minimum absolute atomic E-state index is 0.0964. The minimum atomic E-state index is -4.55. The van der Waals surface area contributed by atoms with Crippen molar-refractivity contribution in [3.05, 3.63) is 76.7 Å². The molecule has 2 unspecified atom stereocenters. The van der Waals surface area contributed by atoms with Gasteiger partial charge >= 0.3 is 6.18 Å². The first-order valence-electron chi connectivity index (χ1n) is 14.5. The van der Waals surface area contributed by atoms with Gasteiger partial charge in [-0.2, -0.15) is 18.3 Å². The number of benzene rings is 2. The van der Waals surface area contributed by atoms with E-state index < -0.39 is 17.6 Å². The third kappa shape index (κ3) is 6.21. The van der Waals surface area contributed by atoms with E-state index in [2.05, 4.69) is 27.6 Å². The molecule has 2 fully saturated rings. The van der Waals surface area contributed by atoms with E-state index in [1.165, 1.54) is 11.1 Å². The van der Waals surface area contributed by atoms with Crippen molar-refractivity contribution in [2.45, 2.75) is 51.9 Å². The van der Waals surface area contributed by atoms with Gasteiger partial charge in [-0.25, -0.2) is 5.84 Å². The maximum atomic E-state index is 13.9. The van der Waals surface area contributed by atoms with E-state index in [-0.39, 0.29) is 17.3 Å². The van der Waals surface area contributed by atoms with Gasteiger partial charge in [-0.05, 0) is 69.1 Å². The molecule has 9 nitrogen and oxygen atoms in total. The highest BCUT2D eigenvalue weighted by Crippen LogP contribution is 2.39. The summed E-state index contributed by atoms with van der Waals surface area (Å²) < 4.78 is 43.6. The molecule has 0 aliphatic carbocycles. The van der Waals surface area contributed by atoms with Crippen LogP contribution in [0.4, 0.5) is 30.2 Å². The van der Waals surface area contributed by atoms with Crippen LogP contribution in [0.1, 0.15) is 52.5 Å². The summed E-state index contributed by atoms with van der Waals surface area (Å²) in [5.74, 6) is 5.90. The van der Waals surface area contributed by atoms with Crippen LogP contribution in [0, 0.1) is 13.8 Å². The zero-order chi connectivity index (χ0) is 31.1. The molecule has 1 aromatic heterocycles. The topological polar surface area (TPSA) is 94.7 Å². The standard InChI is InChI=1S/C31H39F3N8O/c1-6-9-40-16-26-14-25(40)17-41(26)24-12-22(31(32,33)34)11-23(13-24)38-30(43)21-8-7-19(2)29(10-21)42(35)18-28(36-4)27-15-37-39(5)20(27)3/h7-8,10-13,15,18,25-26,36H,6,9,14,16-17,35H2,1-5H3,(H,38,43)/b28-18-. The van der Waals surface area contributed by atoms with Crippen molar-refractivity contribution in [1.82, 2.24) is 20.0 Å². The number of hydrogen-bond acceptors (Lipinski definition) is 7. The normalized spacial score (nSPS) is 18.8. The fourth-order valence-corrected chi connectivity index (χ4v) is 6.11. The molecule has 0 saturated carbocycles. The fraction of sp³-hybridized carbons (Fsp3) is 0.419. The van der Waals surface area contributed by atoms with Gasteiger partial charge in [0.25, 0.3) is 5.91 Å². The summed E-state index contributed by atoms with van der Waals surface area (Å²) in [6, 6.07) is 9.32. The number of amides is 1.